The maximum atomic E-state index is 12.4. The topological polar surface area (TPSA) is 130 Å². The van der Waals surface area contributed by atoms with Crippen LogP contribution in [0.2, 0.25) is 0 Å². The summed E-state index contributed by atoms with van der Waals surface area (Å²) < 4.78 is 0. The molecule has 0 saturated heterocycles. The standard InChI is InChI=1S/C25H30N6O3/c1-5-7-20(32)31(4)16(3)25(34)27-13-12-17-8-6-9-19(14-17)29-24-22(23(26)33)28-15(2)21(30-24)18-10-11-18/h6,8-9,14,16,18H,10-13H2,1-4H3,(H2,26,33)(H,27,34)(H,29,30)/t16-/m0/s1. The van der Waals surface area contributed by atoms with Gasteiger partial charge in [0, 0.05) is 25.2 Å². The lowest BCUT2D eigenvalue weighted by Gasteiger charge is -2.22. The zero-order chi connectivity index (χ0) is 24.8. The van der Waals surface area contributed by atoms with Crippen LogP contribution in [0.1, 0.15) is 60.0 Å². The van der Waals surface area contributed by atoms with E-state index in [9.17, 15) is 14.4 Å². The summed E-state index contributed by atoms with van der Waals surface area (Å²) >= 11 is 0. The van der Waals surface area contributed by atoms with Gasteiger partial charge in [0.15, 0.2) is 11.5 Å². The number of likely N-dealkylation sites (N-methyl/N-ethyl adjacent to an activating group) is 1. The lowest BCUT2D eigenvalue weighted by molar-refractivity contribution is -0.134. The molecule has 0 spiro atoms. The number of carbonyl (C=O) groups is 3. The van der Waals surface area contributed by atoms with E-state index in [-0.39, 0.29) is 11.6 Å². The average Bonchev–Trinajstić information content (AvgIpc) is 3.64. The Bertz CT molecular complexity index is 1160. The van der Waals surface area contributed by atoms with E-state index >= 15 is 0 Å². The van der Waals surface area contributed by atoms with Crippen LogP contribution in [-0.4, -0.2) is 52.2 Å². The smallest absolute Gasteiger partial charge is 0.298 e. The molecule has 9 heteroatoms. The van der Waals surface area contributed by atoms with Crippen molar-refractivity contribution in [2.24, 2.45) is 5.73 Å². The molecule has 1 aromatic heterocycles. The molecule has 0 unspecified atom stereocenters. The minimum atomic E-state index is -0.637. The number of hydrogen-bond donors (Lipinski definition) is 3. The van der Waals surface area contributed by atoms with E-state index in [1.807, 2.05) is 31.2 Å². The summed E-state index contributed by atoms with van der Waals surface area (Å²) in [6.45, 7) is 5.48. The molecular weight excluding hydrogens is 432 g/mol. The highest BCUT2D eigenvalue weighted by Crippen LogP contribution is 2.40. The number of aryl methyl sites for hydroxylation is 1. The number of hydrogen-bond acceptors (Lipinski definition) is 6. The second kappa shape index (κ2) is 10.8. The number of nitrogens with one attached hydrogen (secondary N) is 2. The van der Waals surface area contributed by atoms with Crippen molar-refractivity contribution in [1.82, 2.24) is 20.2 Å². The highest BCUT2D eigenvalue weighted by atomic mass is 16.2. The van der Waals surface area contributed by atoms with Crippen molar-refractivity contribution in [2.75, 3.05) is 18.9 Å². The molecule has 3 amide bonds. The first-order valence-corrected chi connectivity index (χ1v) is 11.2. The van der Waals surface area contributed by atoms with E-state index in [4.69, 9.17) is 5.73 Å². The van der Waals surface area contributed by atoms with Crippen molar-refractivity contribution in [3.8, 4) is 11.8 Å². The van der Waals surface area contributed by atoms with Gasteiger partial charge < -0.3 is 21.3 Å². The van der Waals surface area contributed by atoms with Crippen LogP contribution in [0.3, 0.4) is 0 Å². The molecule has 2 aromatic rings. The first-order valence-electron chi connectivity index (χ1n) is 11.2. The Kier molecular flexibility index (Phi) is 7.84. The van der Waals surface area contributed by atoms with Gasteiger partial charge in [-0.15, -0.1) is 0 Å². The van der Waals surface area contributed by atoms with Crippen molar-refractivity contribution < 1.29 is 14.4 Å². The average molecular weight is 463 g/mol. The predicted octanol–water partition coefficient (Wildman–Crippen LogP) is 2.03. The second-order valence-corrected chi connectivity index (χ2v) is 8.36. The van der Waals surface area contributed by atoms with Gasteiger partial charge in [0.2, 0.25) is 5.91 Å². The minimum Gasteiger partial charge on any atom is -0.364 e. The van der Waals surface area contributed by atoms with Crippen LogP contribution in [0.15, 0.2) is 24.3 Å². The molecule has 1 aliphatic carbocycles. The number of amides is 3. The molecule has 0 radical (unpaired) electrons. The fourth-order valence-electron chi connectivity index (χ4n) is 3.50. The Morgan fingerprint density at radius 2 is 2.00 bits per heavy atom. The number of nitrogens with two attached hydrogens (primary N) is 1. The van der Waals surface area contributed by atoms with Crippen molar-refractivity contribution in [3.05, 3.63) is 46.9 Å². The summed E-state index contributed by atoms with van der Waals surface area (Å²) in [6.07, 6.45) is 2.72. The van der Waals surface area contributed by atoms with E-state index in [1.165, 1.54) is 4.90 Å². The van der Waals surface area contributed by atoms with E-state index in [0.717, 1.165) is 35.5 Å². The van der Waals surface area contributed by atoms with Crippen molar-refractivity contribution >= 4 is 29.2 Å². The largest absolute Gasteiger partial charge is 0.364 e. The number of carbonyl (C=O) groups excluding carboxylic acids is 3. The molecule has 1 saturated carbocycles. The summed E-state index contributed by atoms with van der Waals surface area (Å²) in [5, 5.41) is 6.03. The van der Waals surface area contributed by atoms with Crippen LogP contribution in [0.25, 0.3) is 0 Å². The molecule has 0 bridgehead atoms. The van der Waals surface area contributed by atoms with Crippen molar-refractivity contribution in [3.63, 3.8) is 0 Å². The van der Waals surface area contributed by atoms with Crippen LogP contribution >= 0.6 is 0 Å². The number of rotatable bonds is 9. The molecule has 178 valence electrons. The maximum absolute atomic E-state index is 12.4. The van der Waals surface area contributed by atoms with Gasteiger partial charge in [-0.05, 0) is 63.7 Å². The molecule has 9 nitrogen and oxygen atoms in total. The quantitative estimate of drug-likeness (QED) is 0.489. The number of anilines is 2. The molecule has 1 aliphatic rings. The lowest BCUT2D eigenvalue weighted by Crippen LogP contribution is -2.46. The molecule has 0 aliphatic heterocycles. The Balaban J connectivity index is 1.64. The van der Waals surface area contributed by atoms with Crippen molar-refractivity contribution in [2.45, 2.75) is 52.0 Å². The molecule has 1 atom stereocenters. The van der Waals surface area contributed by atoms with Gasteiger partial charge in [0.25, 0.3) is 11.8 Å². The molecule has 34 heavy (non-hydrogen) atoms. The first kappa shape index (κ1) is 24.7. The van der Waals surface area contributed by atoms with Crippen LogP contribution in [-0.2, 0) is 16.0 Å². The Morgan fingerprint density at radius 3 is 2.65 bits per heavy atom. The van der Waals surface area contributed by atoms with E-state index in [2.05, 4.69) is 32.4 Å². The van der Waals surface area contributed by atoms with E-state index in [0.29, 0.717) is 24.7 Å². The third kappa shape index (κ3) is 6.10. The van der Waals surface area contributed by atoms with Crippen molar-refractivity contribution in [1.29, 1.82) is 0 Å². The first-order chi connectivity index (χ1) is 16.2. The van der Waals surface area contributed by atoms with Crippen LogP contribution in [0.5, 0.6) is 0 Å². The van der Waals surface area contributed by atoms with Gasteiger partial charge in [-0.25, -0.2) is 9.97 Å². The van der Waals surface area contributed by atoms with Gasteiger partial charge >= 0.3 is 0 Å². The monoisotopic (exact) mass is 462 g/mol. The van der Waals surface area contributed by atoms with Gasteiger partial charge in [-0.1, -0.05) is 18.1 Å². The number of primary amides is 1. The van der Waals surface area contributed by atoms with Crippen LogP contribution < -0.4 is 16.4 Å². The Hall–Kier alpha value is -3.93. The summed E-state index contributed by atoms with van der Waals surface area (Å²) in [5.41, 5.74) is 8.98. The summed E-state index contributed by atoms with van der Waals surface area (Å²) in [5.74, 6) is 4.41. The van der Waals surface area contributed by atoms with E-state index < -0.39 is 17.9 Å². The van der Waals surface area contributed by atoms with Crippen LogP contribution in [0.4, 0.5) is 11.5 Å². The maximum Gasteiger partial charge on any atom is 0.298 e. The molecule has 1 aromatic carbocycles. The van der Waals surface area contributed by atoms with Gasteiger partial charge in [0.1, 0.15) is 6.04 Å². The second-order valence-electron chi connectivity index (χ2n) is 8.36. The number of aromatic nitrogens is 2. The van der Waals surface area contributed by atoms with Gasteiger partial charge in [0.05, 0.1) is 11.4 Å². The normalized spacial score (nSPS) is 13.3. The molecule has 1 fully saturated rings. The van der Waals surface area contributed by atoms with Gasteiger partial charge in [-0.2, -0.15) is 0 Å². The number of benzene rings is 1. The summed E-state index contributed by atoms with van der Waals surface area (Å²) in [6, 6.07) is 6.98. The SMILES string of the molecule is CC#CC(=O)N(C)[C@@H](C)C(=O)NCCc1cccc(Nc2nc(C3CC3)c(C)nc2C(N)=O)c1. The molecule has 1 heterocycles. The fraction of sp³-hybridized carbons (Fsp3) is 0.400. The summed E-state index contributed by atoms with van der Waals surface area (Å²) in [4.78, 5) is 46.5. The Morgan fingerprint density at radius 1 is 1.26 bits per heavy atom. The van der Waals surface area contributed by atoms with Crippen LogP contribution in [0, 0.1) is 18.8 Å². The third-order valence-corrected chi connectivity index (χ3v) is 5.72. The zero-order valence-corrected chi connectivity index (χ0v) is 19.9. The highest BCUT2D eigenvalue weighted by molar-refractivity contribution is 5.97. The Labute approximate surface area is 199 Å². The molecular formula is C25H30N6O3. The minimum absolute atomic E-state index is 0.111. The fourth-order valence-corrected chi connectivity index (χ4v) is 3.50. The van der Waals surface area contributed by atoms with Gasteiger partial charge in [-0.3, -0.25) is 14.4 Å². The highest BCUT2D eigenvalue weighted by Gasteiger charge is 2.29. The number of nitrogens with zero attached hydrogens (tertiary/aromatic N) is 3. The lowest BCUT2D eigenvalue weighted by atomic mass is 10.1. The zero-order valence-electron chi connectivity index (χ0n) is 19.9. The molecule has 3 rings (SSSR count). The predicted molar refractivity (Wildman–Crippen MR) is 129 cm³/mol. The van der Waals surface area contributed by atoms with E-state index in [1.54, 1.807) is 20.9 Å². The summed E-state index contributed by atoms with van der Waals surface area (Å²) in [7, 11) is 1.55. The third-order valence-electron chi connectivity index (χ3n) is 5.72. The molecule has 4 N–H and O–H groups in total.